The lowest BCUT2D eigenvalue weighted by Crippen LogP contribution is -2.11. The summed E-state index contributed by atoms with van der Waals surface area (Å²) in [5.41, 5.74) is 3.11. The highest BCUT2D eigenvalue weighted by Crippen LogP contribution is 2.42. The summed E-state index contributed by atoms with van der Waals surface area (Å²) in [7, 11) is 0. The van der Waals surface area contributed by atoms with Crippen LogP contribution in [0.15, 0.2) is 65.8 Å². The van der Waals surface area contributed by atoms with Crippen LogP contribution in [0.3, 0.4) is 0 Å². The summed E-state index contributed by atoms with van der Waals surface area (Å²) in [4.78, 5) is 11.1. The molecule has 0 aliphatic rings. The Morgan fingerprint density at radius 1 is 1.08 bits per heavy atom. The summed E-state index contributed by atoms with van der Waals surface area (Å²) in [5.74, 6) is 0.491. The molecule has 0 saturated carbocycles. The Balaban J connectivity index is 1.62. The largest absolute Gasteiger partial charge is 0.486 e. The first-order valence-electron chi connectivity index (χ1n) is 10.8. The highest BCUT2D eigenvalue weighted by atomic mass is 35.5. The van der Waals surface area contributed by atoms with E-state index in [1.54, 1.807) is 24.3 Å². The lowest BCUT2D eigenvalue weighted by atomic mass is 10.1. The molecule has 1 aromatic heterocycles. The third-order valence-corrected chi connectivity index (χ3v) is 7.06. The molecule has 0 saturated heterocycles. The van der Waals surface area contributed by atoms with Crippen LogP contribution >= 0.6 is 35.0 Å². The van der Waals surface area contributed by atoms with E-state index in [1.807, 2.05) is 42.7 Å². The molecule has 0 bridgehead atoms. The van der Waals surface area contributed by atoms with Crippen LogP contribution in [0.4, 0.5) is 4.39 Å². The van der Waals surface area contributed by atoms with Gasteiger partial charge >= 0.3 is 0 Å². The van der Waals surface area contributed by atoms with Crippen molar-refractivity contribution in [1.82, 2.24) is 14.8 Å². The van der Waals surface area contributed by atoms with Crippen LogP contribution in [-0.2, 0) is 6.61 Å². The Morgan fingerprint density at radius 3 is 2.42 bits per heavy atom. The SMILES string of the molecule is Cc1ccc(-n2c(C)nnc2S[C@@H](C[N+](=O)[O-])c2cc(Cl)c(OCc3cccc(F)c3)c(Cl)c2)cc1. The van der Waals surface area contributed by atoms with Gasteiger partial charge in [0.05, 0.1) is 10.0 Å². The summed E-state index contributed by atoms with van der Waals surface area (Å²) in [5, 5.41) is 20.2. The molecule has 0 radical (unpaired) electrons. The molecule has 4 aromatic rings. The standard InChI is InChI=1S/C25H21Cl2FN4O3S/c1-15-6-8-20(9-7-15)32-16(2)29-30-25(32)36-23(13-31(33)34)18-11-21(26)24(22(27)12-18)35-14-17-4-3-5-19(28)10-17/h3-12,23H,13-14H2,1-2H3/t23-/m0/s1. The van der Waals surface area contributed by atoms with E-state index in [0.717, 1.165) is 11.3 Å². The zero-order valence-electron chi connectivity index (χ0n) is 19.3. The van der Waals surface area contributed by atoms with Gasteiger partial charge in [0.15, 0.2) is 10.9 Å². The van der Waals surface area contributed by atoms with Gasteiger partial charge in [0, 0.05) is 10.6 Å². The Kier molecular flexibility index (Phi) is 8.13. The zero-order chi connectivity index (χ0) is 25.8. The van der Waals surface area contributed by atoms with E-state index in [0.29, 0.717) is 22.1 Å². The smallest absolute Gasteiger partial charge is 0.220 e. The Hall–Kier alpha value is -3.14. The van der Waals surface area contributed by atoms with Gasteiger partial charge in [0.1, 0.15) is 23.5 Å². The van der Waals surface area contributed by atoms with Gasteiger partial charge in [-0.1, -0.05) is 64.8 Å². The molecular formula is C25H21Cl2FN4O3S. The number of aromatic nitrogens is 3. The average Bonchev–Trinajstić information content (AvgIpc) is 3.18. The predicted octanol–water partition coefficient (Wildman–Crippen LogP) is 7.02. The molecule has 0 spiro atoms. The molecule has 7 nitrogen and oxygen atoms in total. The Bertz CT molecular complexity index is 1380. The van der Waals surface area contributed by atoms with Crippen LogP contribution in [0.5, 0.6) is 5.75 Å². The van der Waals surface area contributed by atoms with Crippen molar-refractivity contribution < 1.29 is 14.1 Å². The van der Waals surface area contributed by atoms with Crippen molar-refractivity contribution in [3.05, 3.63) is 109 Å². The minimum absolute atomic E-state index is 0.0581. The second kappa shape index (κ2) is 11.3. The minimum atomic E-state index is -0.653. The molecule has 0 fully saturated rings. The van der Waals surface area contributed by atoms with Gasteiger partial charge in [-0.2, -0.15) is 0 Å². The first kappa shape index (κ1) is 25.9. The number of benzene rings is 3. The minimum Gasteiger partial charge on any atom is -0.486 e. The molecule has 0 amide bonds. The van der Waals surface area contributed by atoms with Crippen LogP contribution in [0.2, 0.25) is 10.0 Å². The van der Waals surface area contributed by atoms with Gasteiger partial charge in [-0.25, -0.2) is 4.39 Å². The number of aryl methyl sites for hydroxylation is 2. The number of nitrogens with zero attached hydrogens (tertiary/aromatic N) is 4. The first-order chi connectivity index (χ1) is 17.2. The van der Waals surface area contributed by atoms with Crippen molar-refractivity contribution in [2.45, 2.75) is 30.9 Å². The average molecular weight is 547 g/mol. The van der Waals surface area contributed by atoms with Crippen molar-refractivity contribution in [3.8, 4) is 11.4 Å². The highest BCUT2D eigenvalue weighted by molar-refractivity contribution is 7.99. The Morgan fingerprint density at radius 2 is 1.78 bits per heavy atom. The highest BCUT2D eigenvalue weighted by Gasteiger charge is 2.26. The lowest BCUT2D eigenvalue weighted by Gasteiger charge is -2.17. The van der Waals surface area contributed by atoms with E-state index < -0.39 is 10.2 Å². The number of halogens is 3. The molecule has 0 N–H and O–H groups in total. The topological polar surface area (TPSA) is 83.1 Å². The maximum atomic E-state index is 13.5. The second-order valence-corrected chi connectivity index (χ2v) is 10.0. The first-order valence-corrected chi connectivity index (χ1v) is 12.5. The van der Waals surface area contributed by atoms with Gasteiger partial charge in [-0.3, -0.25) is 14.7 Å². The van der Waals surface area contributed by atoms with Gasteiger partial charge in [-0.05, 0) is 61.4 Å². The maximum Gasteiger partial charge on any atom is 0.220 e. The van der Waals surface area contributed by atoms with Gasteiger partial charge in [0.2, 0.25) is 6.54 Å². The fraction of sp³-hybridized carbons (Fsp3) is 0.200. The molecule has 186 valence electrons. The van der Waals surface area contributed by atoms with Crippen LogP contribution in [-0.4, -0.2) is 26.2 Å². The second-order valence-electron chi connectivity index (χ2n) is 8.05. The van der Waals surface area contributed by atoms with Gasteiger partial charge in [-0.15, -0.1) is 10.2 Å². The molecule has 3 aromatic carbocycles. The molecule has 36 heavy (non-hydrogen) atoms. The third-order valence-electron chi connectivity index (χ3n) is 5.31. The molecular weight excluding hydrogens is 526 g/mol. The number of nitro groups is 1. The van der Waals surface area contributed by atoms with Gasteiger partial charge in [0.25, 0.3) is 0 Å². The number of thioether (sulfide) groups is 1. The fourth-order valence-electron chi connectivity index (χ4n) is 3.57. The maximum absolute atomic E-state index is 13.5. The summed E-state index contributed by atoms with van der Waals surface area (Å²) in [6, 6.07) is 17.0. The normalized spacial score (nSPS) is 11.9. The van der Waals surface area contributed by atoms with E-state index in [4.69, 9.17) is 27.9 Å². The molecule has 1 heterocycles. The Labute approximate surface area is 221 Å². The van der Waals surface area contributed by atoms with Crippen molar-refractivity contribution in [1.29, 1.82) is 0 Å². The molecule has 4 rings (SSSR count). The zero-order valence-corrected chi connectivity index (χ0v) is 21.6. The number of hydrogen-bond donors (Lipinski definition) is 0. The van der Waals surface area contributed by atoms with E-state index in [-0.39, 0.29) is 34.8 Å². The lowest BCUT2D eigenvalue weighted by molar-refractivity contribution is -0.479. The monoisotopic (exact) mass is 546 g/mol. The van der Waals surface area contributed by atoms with E-state index in [2.05, 4.69) is 10.2 Å². The third kappa shape index (κ3) is 6.16. The van der Waals surface area contributed by atoms with Crippen molar-refractivity contribution in [3.63, 3.8) is 0 Å². The predicted molar refractivity (Wildman–Crippen MR) is 138 cm³/mol. The quantitative estimate of drug-likeness (QED) is 0.127. The van der Waals surface area contributed by atoms with Crippen LogP contribution < -0.4 is 4.74 Å². The van der Waals surface area contributed by atoms with E-state index in [1.165, 1.54) is 23.9 Å². The van der Waals surface area contributed by atoms with Gasteiger partial charge < -0.3 is 4.74 Å². The number of ether oxygens (including phenoxy) is 1. The molecule has 1 atom stereocenters. The summed E-state index contributed by atoms with van der Waals surface area (Å²) in [6.07, 6.45) is 0. The molecule has 0 aliphatic heterocycles. The number of hydrogen-bond acceptors (Lipinski definition) is 6. The van der Waals surface area contributed by atoms with Crippen molar-refractivity contribution >= 4 is 35.0 Å². The van der Waals surface area contributed by atoms with Crippen LogP contribution in [0.1, 0.15) is 27.8 Å². The molecule has 0 unspecified atom stereocenters. The molecule has 11 heteroatoms. The number of rotatable bonds is 9. The van der Waals surface area contributed by atoms with E-state index >= 15 is 0 Å². The van der Waals surface area contributed by atoms with Crippen LogP contribution in [0, 0.1) is 29.8 Å². The fourth-order valence-corrected chi connectivity index (χ4v) is 5.34. The summed E-state index contributed by atoms with van der Waals surface area (Å²) >= 11 is 14.1. The molecule has 0 aliphatic carbocycles. The summed E-state index contributed by atoms with van der Waals surface area (Å²) < 4.78 is 21.0. The van der Waals surface area contributed by atoms with E-state index in [9.17, 15) is 14.5 Å². The van der Waals surface area contributed by atoms with Crippen LogP contribution in [0.25, 0.3) is 5.69 Å². The van der Waals surface area contributed by atoms with Crippen molar-refractivity contribution in [2.75, 3.05) is 6.54 Å². The summed E-state index contributed by atoms with van der Waals surface area (Å²) in [6.45, 7) is 3.48. The van der Waals surface area contributed by atoms with Crippen molar-refractivity contribution in [2.24, 2.45) is 0 Å².